The maximum Gasteiger partial charge on any atom is 0.410 e. The van der Waals surface area contributed by atoms with Gasteiger partial charge >= 0.3 is 6.09 Å². The van der Waals surface area contributed by atoms with Crippen LogP contribution in [0.5, 0.6) is 0 Å². The number of likely N-dealkylation sites (tertiary alicyclic amines) is 1. The molecule has 0 saturated carbocycles. The van der Waals surface area contributed by atoms with Gasteiger partial charge in [0, 0.05) is 12.2 Å². The van der Waals surface area contributed by atoms with Crippen molar-refractivity contribution < 1.29 is 23.8 Å². The molecule has 4 rings (SSSR count). The second kappa shape index (κ2) is 9.51. The van der Waals surface area contributed by atoms with Crippen molar-refractivity contribution in [2.45, 2.75) is 44.9 Å². The Hall–Kier alpha value is -3.31. The summed E-state index contributed by atoms with van der Waals surface area (Å²) in [6.45, 7) is 5.78. The number of ether oxygens (including phenoxy) is 1. The van der Waals surface area contributed by atoms with E-state index >= 15 is 0 Å². The van der Waals surface area contributed by atoms with E-state index in [0.717, 1.165) is 0 Å². The van der Waals surface area contributed by atoms with Crippen LogP contribution in [0.1, 0.15) is 36.9 Å². The molecule has 2 aromatic heterocycles. The zero-order valence-corrected chi connectivity index (χ0v) is 19.9. The van der Waals surface area contributed by atoms with Crippen molar-refractivity contribution in [2.24, 2.45) is 0 Å². The Bertz CT molecular complexity index is 1190. The molecule has 0 spiro atoms. The summed E-state index contributed by atoms with van der Waals surface area (Å²) < 4.78 is 18.5. The number of anilines is 2. The lowest BCUT2D eigenvalue weighted by molar-refractivity contribution is -0.00407. The smallest absolute Gasteiger partial charge is 0.410 e. The van der Waals surface area contributed by atoms with Crippen LogP contribution < -0.4 is 10.6 Å². The third-order valence-electron chi connectivity index (χ3n) is 5.21. The van der Waals surface area contributed by atoms with Gasteiger partial charge in [0.25, 0.3) is 5.91 Å². The highest BCUT2D eigenvalue weighted by Crippen LogP contribution is 2.30. The number of nitrogens with one attached hydrogen (secondary N) is 2. The van der Waals surface area contributed by atoms with Crippen LogP contribution in [0.15, 0.2) is 36.7 Å². The van der Waals surface area contributed by atoms with Gasteiger partial charge in [-0.15, -0.1) is 11.3 Å². The van der Waals surface area contributed by atoms with Gasteiger partial charge in [0.15, 0.2) is 0 Å². The molecule has 2 atom stereocenters. The lowest BCUT2D eigenvalue weighted by atomic mass is 10.0. The minimum Gasteiger partial charge on any atom is -0.444 e. The molecule has 3 heterocycles. The number of amides is 2. The van der Waals surface area contributed by atoms with Crippen LogP contribution in [-0.2, 0) is 4.74 Å². The van der Waals surface area contributed by atoms with Gasteiger partial charge in [-0.25, -0.2) is 19.2 Å². The molecule has 9 nitrogen and oxygen atoms in total. The number of aliphatic hydroxyl groups is 1. The Morgan fingerprint density at radius 3 is 2.65 bits per heavy atom. The number of benzene rings is 1. The Morgan fingerprint density at radius 2 is 1.97 bits per heavy atom. The Labute approximate surface area is 200 Å². The first kappa shape index (κ1) is 23.8. The molecular weight excluding hydrogens is 461 g/mol. The van der Waals surface area contributed by atoms with Crippen molar-refractivity contribution in [3.63, 3.8) is 0 Å². The fourth-order valence-corrected chi connectivity index (χ4v) is 4.47. The molecule has 2 unspecified atom stereocenters. The highest BCUT2D eigenvalue weighted by molar-refractivity contribution is 7.20. The second-order valence-corrected chi connectivity index (χ2v) is 10.1. The third kappa shape index (κ3) is 5.60. The number of hydrogen-bond donors (Lipinski definition) is 3. The van der Waals surface area contributed by atoms with E-state index in [2.05, 4.69) is 20.6 Å². The fraction of sp³-hybridized carbons (Fsp3) is 0.391. The first-order chi connectivity index (χ1) is 16.1. The molecule has 11 heteroatoms. The van der Waals surface area contributed by atoms with Crippen LogP contribution in [0.25, 0.3) is 10.2 Å². The van der Waals surface area contributed by atoms with Crippen LogP contribution in [0, 0.1) is 5.82 Å². The molecule has 1 aliphatic rings. The van der Waals surface area contributed by atoms with Crippen molar-refractivity contribution in [2.75, 3.05) is 18.4 Å². The largest absolute Gasteiger partial charge is 0.444 e. The molecule has 180 valence electrons. The maximum absolute atomic E-state index is 13.2. The first-order valence-electron chi connectivity index (χ1n) is 10.8. The number of aromatic nitrogens is 2. The highest BCUT2D eigenvalue weighted by atomic mass is 32.1. The molecule has 0 radical (unpaired) electrons. The van der Waals surface area contributed by atoms with Crippen LogP contribution in [0.3, 0.4) is 0 Å². The number of aliphatic hydroxyl groups excluding tert-OH is 1. The molecule has 1 aliphatic heterocycles. The molecule has 3 N–H and O–H groups in total. The number of rotatable bonds is 4. The predicted molar refractivity (Wildman–Crippen MR) is 127 cm³/mol. The van der Waals surface area contributed by atoms with Gasteiger partial charge in [-0.2, -0.15) is 0 Å². The van der Waals surface area contributed by atoms with Crippen LogP contribution in [0.2, 0.25) is 0 Å². The molecule has 0 aliphatic carbocycles. The summed E-state index contributed by atoms with van der Waals surface area (Å²) in [5, 5.41) is 17.2. The zero-order valence-electron chi connectivity index (χ0n) is 19.0. The second-order valence-electron chi connectivity index (χ2n) is 9.05. The van der Waals surface area contributed by atoms with Crippen molar-refractivity contribution in [3.05, 3.63) is 47.4 Å². The molecule has 1 aromatic carbocycles. The van der Waals surface area contributed by atoms with Crippen LogP contribution >= 0.6 is 11.3 Å². The summed E-state index contributed by atoms with van der Waals surface area (Å²) in [7, 11) is 0. The van der Waals surface area contributed by atoms with Gasteiger partial charge in [0.2, 0.25) is 0 Å². The lowest BCUT2D eigenvalue weighted by Gasteiger charge is -2.36. The Morgan fingerprint density at radius 1 is 1.24 bits per heavy atom. The van der Waals surface area contributed by atoms with Crippen molar-refractivity contribution in [1.29, 1.82) is 0 Å². The standard InChI is InChI=1S/C23H26FN5O4S/c1-23(2,3)33-22(32)29-9-8-16(17(30)11-29)28-20(31)18-10-15-19(25-12-26-21(15)34-18)27-14-6-4-13(24)5-7-14/h4-7,10,12,16-17,30H,8-9,11H2,1-3H3,(H,28,31)(H,25,26,27). The minimum absolute atomic E-state index is 0.0729. The van der Waals surface area contributed by atoms with E-state index in [1.807, 2.05) is 0 Å². The number of β-amino-alcohol motifs (C(OH)–C–C–N with tert-alkyl or cyclic N) is 1. The summed E-state index contributed by atoms with van der Waals surface area (Å²) in [5.74, 6) is -0.185. The molecule has 0 bridgehead atoms. The number of hydrogen-bond acceptors (Lipinski definition) is 8. The molecule has 2 amide bonds. The van der Waals surface area contributed by atoms with Gasteiger partial charge in [-0.3, -0.25) is 4.79 Å². The summed E-state index contributed by atoms with van der Waals surface area (Å²) in [6, 6.07) is 7.05. The van der Waals surface area contributed by atoms with E-state index in [1.54, 1.807) is 39.0 Å². The van der Waals surface area contributed by atoms with E-state index in [4.69, 9.17) is 4.74 Å². The maximum atomic E-state index is 13.2. The van der Waals surface area contributed by atoms with Crippen molar-refractivity contribution in [3.8, 4) is 0 Å². The quantitative estimate of drug-likeness (QED) is 0.514. The number of piperidine rings is 1. The number of halogens is 1. The summed E-state index contributed by atoms with van der Waals surface area (Å²) in [5.41, 5.74) is 0.0279. The van der Waals surface area contributed by atoms with E-state index in [1.165, 1.54) is 34.7 Å². The third-order valence-corrected chi connectivity index (χ3v) is 6.25. The topological polar surface area (TPSA) is 117 Å². The van der Waals surface area contributed by atoms with Crippen molar-refractivity contribution in [1.82, 2.24) is 20.2 Å². The van der Waals surface area contributed by atoms with Crippen LogP contribution in [0.4, 0.5) is 20.7 Å². The van der Waals surface area contributed by atoms with Gasteiger partial charge in [-0.1, -0.05) is 0 Å². The number of thiophene rings is 1. The Balaban J connectivity index is 1.42. The SMILES string of the molecule is CC(C)(C)OC(=O)N1CCC(NC(=O)c2cc3c(Nc4ccc(F)cc4)ncnc3s2)C(O)C1. The highest BCUT2D eigenvalue weighted by Gasteiger charge is 2.33. The normalized spacial score (nSPS) is 18.6. The van der Waals surface area contributed by atoms with Gasteiger partial charge in [0.05, 0.1) is 29.0 Å². The Kier molecular flexibility index (Phi) is 6.67. The monoisotopic (exact) mass is 487 g/mol. The molecule has 1 fully saturated rings. The summed E-state index contributed by atoms with van der Waals surface area (Å²) >= 11 is 1.20. The molecular formula is C23H26FN5O4S. The van der Waals surface area contributed by atoms with Crippen LogP contribution in [-0.4, -0.2) is 62.8 Å². The van der Waals surface area contributed by atoms with Gasteiger partial charge in [0.1, 0.15) is 28.4 Å². The molecule has 1 saturated heterocycles. The lowest BCUT2D eigenvalue weighted by Crippen LogP contribution is -2.55. The molecule has 3 aromatic rings. The fourth-order valence-electron chi connectivity index (χ4n) is 3.57. The van der Waals surface area contributed by atoms with E-state index in [-0.39, 0.29) is 18.3 Å². The minimum atomic E-state index is -0.921. The van der Waals surface area contributed by atoms with Crippen molar-refractivity contribution >= 4 is 45.1 Å². The first-order valence-corrected chi connectivity index (χ1v) is 11.6. The molecule has 34 heavy (non-hydrogen) atoms. The summed E-state index contributed by atoms with van der Waals surface area (Å²) in [6.07, 6.45) is 0.382. The average molecular weight is 488 g/mol. The van der Waals surface area contributed by atoms with E-state index < -0.39 is 23.8 Å². The summed E-state index contributed by atoms with van der Waals surface area (Å²) in [4.78, 5) is 36.1. The number of carbonyl (C=O) groups excluding carboxylic acids is 2. The number of nitrogens with zero attached hydrogens (tertiary/aromatic N) is 3. The van der Waals surface area contributed by atoms with E-state index in [9.17, 15) is 19.1 Å². The van der Waals surface area contributed by atoms with Gasteiger partial charge < -0.3 is 25.4 Å². The number of fused-ring (bicyclic) bond motifs is 1. The average Bonchev–Trinajstić information content (AvgIpc) is 3.21. The van der Waals surface area contributed by atoms with Gasteiger partial charge in [-0.05, 0) is 57.5 Å². The predicted octanol–water partition coefficient (Wildman–Crippen LogP) is 3.67. The number of carbonyl (C=O) groups is 2. The zero-order chi connectivity index (χ0) is 24.5. The van der Waals surface area contributed by atoms with E-state index in [0.29, 0.717) is 39.6 Å².